The van der Waals surface area contributed by atoms with E-state index in [-0.39, 0.29) is 11.7 Å². The van der Waals surface area contributed by atoms with Crippen LogP contribution in [0.15, 0.2) is 24.3 Å². The monoisotopic (exact) mass is 519 g/mol. The molecule has 2 aliphatic heterocycles. The van der Waals surface area contributed by atoms with Gasteiger partial charge in [0.1, 0.15) is 23.1 Å². The Kier molecular flexibility index (Phi) is 7.96. The molecule has 0 spiro atoms. The maximum atomic E-state index is 13.5. The number of methoxy groups -OCH3 is 1. The second-order valence-electron chi connectivity index (χ2n) is 10.7. The number of nitrogens with zero attached hydrogens (tertiary/aromatic N) is 5. The molecule has 3 heterocycles. The number of halogens is 3. The molecule has 0 atom stereocenters. The van der Waals surface area contributed by atoms with Gasteiger partial charge in [-0.1, -0.05) is 32.9 Å². The number of carbonyl (C=O) groups excluding carboxylic acids is 1. The number of rotatable bonds is 7. The van der Waals surface area contributed by atoms with Crippen LogP contribution in [0, 0.1) is 0 Å². The van der Waals surface area contributed by atoms with E-state index in [2.05, 4.69) is 20.9 Å². The minimum atomic E-state index is -4.51. The lowest BCUT2D eigenvalue weighted by molar-refractivity contribution is -0.141. The lowest BCUT2D eigenvalue weighted by Crippen LogP contribution is -2.47. The summed E-state index contributed by atoms with van der Waals surface area (Å²) in [5.41, 5.74) is 0.559. The highest BCUT2D eigenvalue weighted by Gasteiger charge is 2.36. The molecule has 0 aliphatic carbocycles. The van der Waals surface area contributed by atoms with Crippen molar-refractivity contribution in [2.75, 3.05) is 56.2 Å². The van der Waals surface area contributed by atoms with Crippen molar-refractivity contribution in [3.05, 3.63) is 41.3 Å². The van der Waals surface area contributed by atoms with Crippen LogP contribution in [0.5, 0.6) is 5.75 Å². The molecule has 0 N–H and O–H groups in total. The summed E-state index contributed by atoms with van der Waals surface area (Å²) < 4.78 is 45.9. The lowest BCUT2D eigenvalue weighted by Gasteiger charge is -2.36. The van der Waals surface area contributed by atoms with Crippen LogP contribution in [0.25, 0.3) is 0 Å². The number of anilines is 2. The van der Waals surface area contributed by atoms with Crippen molar-refractivity contribution in [1.82, 2.24) is 14.9 Å². The molecule has 0 radical (unpaired) electrons. The predicted octanol–water partition coefficient (Wildman–Crippen LogP) is 4.68. The van der Waals surface area contributed by atoms with Gasteiger partial charge in [0.2, 0.25) is 5.91 Å². The van der Waals surface area contributed by atoms with Crippen molar-refractivity contribution >= 4 is 17.4 Å². The predicted molar refractivity (Wildman–Crippen MR) is 137 cm³/mol. The Balaban J connectivity index is 1.31. The number of carbonyl (C=O) groups is 1. The number of para-hydroxylation sites is 1. The van der Waals surface area contributed by atoms with Gasteiger partial charge in [-0.2, -0.15) is 13.2 Å². The number of unbranched alkanes of at least 4 members (excludes halogenated alkanes) is 1. The number of hydrogen-bond acceptors (Lipinski definition) is 6. The van der Waals surface area contributed by atoms with E-state index in [1.54, 1.807) is 7.11 Å². The summed E-state index contributed by atoms with van der Waals surface area (Å²) in [6, 6.07) is 6.97. The highest BCUT2D eigenvalue weighted by Crippen LogP contribution is 2.37. The molecule has 1 amide bonds. The van der Waals surface area contributed by atoms with Crippen LogP contribution in [0.2, 0.25) is 0 Å². The molecule has 0 saturated carbocycles. The standard InChI is InChI=1S/C27H36F3N5O2/c1-26(2,3)25-31-21(27(28,29)30)18-22(32-25)34-16-14-33(15-17-34)12-5-6-13-35-23(36)11-10-19-8-7-9-20(37-4)24(19)35/h7-9,18H,5-6,10-17H2,1-4H3. The minimum absolute atomic E-state index is 0.128. The first-order chi connectivity index (χ1) is 17.5. The summed E-state index contributed by atoms with van der Waals surface area (Å²) in [7, 11) is 1.63. The molecule has 4 rings (SSSR count). The van der Waals surface area contributed by atoms with Gasteiger partial charge in [0.15, 0.2) is 0 Å². The summed E-state index contributed by atoms with van der Waals surface area (Å²) in [4.78, 5) is 27.0. The number of aromatic nitrogens is 2. The van der Waals surface area contributed by atoms with Gasteiger partial charge >= 0.3 is 6.18 Å². The average molecular weight is 520 g/mol. The van der Waals surface area contributed by atoms with E-state index in [0.29, 0.717) is 31.9 Å². The van der Waals surface area contributed by atoms with Crippen LogP contribution in [0.4, 0.5) is 24.7 Å². The van der Waals surface area contributed by atoms with Crippen molar-refractivity contribution in [3.63, 3.8) is 0 Å². The van der Waals surface area contributed by atoms with E-state index < -0.39 is 17.3 Å². The van der Waals surface area contributed by atoms with Gasteiger partial charge in [0.05, 0.1) is 12.8 Å². The van der Waals surface area contributed by atoms with Crippen molar-refractivity contribution in [2.24, 2.45) is 0 Å². The second kappa shape index (κ2) is 10.8. The SMILES string of the molecule is COc1cccc2c1N(CCCCN1CCN(c3cc(C(F)(F)F)nc(C(C)(C)C)n3)CC1)C(=O)CC2. The number of ether oxygens (including phenoxy) is 1. The zero-order valence-electron chi connectivity index (χ0n) is 22.1. The third kappa shape index (κ3) is 6.34. The topological polar surface area (TPSA) is 61.8 Å². The highest BCUT2D eigenvalue weighted by atomic mass is 19.4. The van der Waals surface area contributed by atoms with Crippen molar-refractivity contribution < 1.29 is 22.7 Å². The largest absolute Gasteiger partial charge is 0.495 e. The van der Waals surface area contributed by atoms with Crippen molar-refractivity contribution in [3.8, 4) is 5.75 Å². The van der Waals surface area contributed by atoms with Crippen LogP contribution in [-0.2, 0) is 22.8 Å². The summed E-state index contributed by atoms with van der Waals surface area (Å²) in [5, 5.41) is 0. The Bertz CT molecular complexity index is 1060. The van der Waals surface area contributed by atoms with E-state index in [9.17, 15) is 18.0 Å². The number of piperazine rings is 1. The normalized spacial score (nSPS) is 17.2. The average Bonchev–Trinajstić information content (AvgIpc) is 2.86. The molecule has 37 heavy (non-hydrogen) atoms. The smallest absolute Gasteiger partial charge is 0.433 e. The number of benzene rings is 1. The van der Waals surface area contributed by atoms with Crippen LogP contribution in [0.1, 0.15) is 57.1 Å². The fourth-order valence-electron chi connectivity index (χ4n) is 4.86. The molecule has 1 saturated heterocycles. The lowest BCUT2D eigenvalue weighted by atomic mass is 9.95. The third-order valence-corrected chi connectivity index (χ3v) is 6.96. The maximum Gasteiger partial charge on any atom is 0.433 e. The summed E-state index contributed by atoms with van der Waals surface area (Å²) >= 11 is 0. The third-order valence-electron chi connectivity index (χ3n) is 6.96. The van der Waals surface area contributed by atoms with Crippen LogP contribution in [-0.4, -0.2) is 67.2 Å². The van der Waals surface area contributed by atoms with Gasteiger partial charge in [-0.05, 0) is 37.4 Å². The van der Waals surface area contributed by atoms with E-state index in [0.717, 1.165) is 62.0 Å². The summed E-state index contributed by atoms with van der Waals surface area (Å²) in [5.74, 6) is 1.39. The van der Waals surface area contributed by atoms with E-state index in [1.807, 2.05) is 42.7 Å². The van der Waals surface area contributed by atoms with Crippen molar-refractivity contribution in [2.45, 2.75) is 58.0 Å². The Morgan fingerprint density at radius 1 is 0.973 bits per heavy atom. The quantitative estimate of drug-likeness (QED) is 0.495. The summed E-state index contributed by atoms with van der Waals surface area (Å²) in [6.07, 6.45) is -1.48. The van der Waals surface area contributed by atoms with Gasteiger partial charge in [-0.15, -0.1) is 0 Å². The van der Waals surface area contributed by atoms with Gasteiger partial charge in [0, 0.05) is 50.6 Å². The second-order valence-corrected chi connectivity index (χ2v) is 10.7. The van der Waals surface area contributed by atoms with Crippen LogP contribution >= 0.6 is 0 Å². The van der Waals surface area contributed by atoms with E-state index in [4.69, 9.17) is 4.74 Å². The van der Waals surface area contributed by atoms with Gasteiger partial charge in [-0.25, -0.2) is 9.97 Å². The van der Waals surface area contributed by atoms with Gasteiger partial charge < -0.3 is 14.5 Å². The van der Waals surface area contributed by atoms with E-state index >= 15 is 0 Å². The molecular formula is C27H36F3N5O2. The summed E-state index contributed by atoms with van der Waals surface area (Å²) in [6.45, 7) is 9.66. The molecule has 7 nitrogen and oxygen atoms in total. The first-order valence-corrected chi connectivity index (χ1v) is 12.9. The Morgan fingerprint density at radius 3 is 2.32 bits per heavy atom. The molecule has 0 bridgehead atoms. The molecule has 10 heteroatoms. The number of aryl methyl sites for hydroxylation is 1. The Labute approximate surface area is 216 Å². The van der Waals surface area contributed by atoms with Crippen molar-refractivity contribution in [1.29, 1.82) is 0 Å². The number of hydrogen-bond donors (Lipinski definition) is 0. The Hall–Kier alpha value is -2.88. The Morgan fingerprint density at radius 2 is 1.68 bits per heavy atom. The molecule has 2 aliphatic rings. The van der Waals surface area contributed by atoms with Crippen LogP contribution in [0.3, 0.4) is 0 Å². The van der Waals surface area contributed by atoms with Crippen LogP contribution < -0.4 is 14.5 Å². The first-order valence-electron chi connectivity index (χ1n) is 12.9. The molecule has 1 aromatic carbocycles. The van der Waals surface area contributed by atoms with Gasteiger partial charge in [0.25, 0.3) is 0 Å². The highest BCUT2D eigenvalue weighted by molar-refractivity contribution is 5.98. The first kappa shape index (κ1) is 27.2. The van der Waals surface area contributed by atoms with Gasteiger partial charge in [-0.3, -0.25) is 9.69 Å². The van der Waals surface area contributed by atoms with E-state index in [1.165, 1.54) is 0 Å². The zero-order chi connectivity index (χ0) is 26.8. The molecular weight excluding hydrogens is 483 g/mol. The fourth-order valence-corrected chi connectivity index (χ4v) is 4.86. The molecule has 1 fully saturated rings. The minimum Gasteiger partial charge on any atom is -0.495 e. The number of fused-ring (bicyclic) bond motifs is 1. The fraction of sp³-hybridized carbons (Fsp3) is 0.593. The maximum absolute atomic E-state index is 13.5. The molecule has 202 valence electrons. The molecule has 2 aromatic rings. The number of alkyl halides is 3. The number of amides is 1. The zero-order valence-corrected chi connectivity index (χ0v) is 22.1. The molecule has 0 unspecified atom stereocenters. The molecule has 1 aromatic heterocycles.